The van der Waals surface area contributed by atoms with Crippen LogP contribution in [0.2, 0.25) is 0 Å². The molecule has 1 aliphatic heterocycles. The van der Waals surface area contributed by atoms with Crippen LogP contribution in [0.5, 0.6) is 0 Å². The molecular weight excluding hydrogens is 310 g/mol. The van der Waals surface area contributed by atoms with E-state index in [1.54, 1.807) is 29.2 Å². The van der Waals surface area contributed by atoms with Crippen molar-refractivity contribution in [2.75, 3.05) is 32.0 Å². The molecule has 1 aromatic carbocycles. The zero-order chi connectivity index (χ0) is 17.5. The second-order valence-electron chi connectivity index (χ2n) is 6.01. The number of likely N-dealkylation sites (tertiary alicyclic amines) is 1. The molecule has 0 saturated carbocycles. The molecule has 24 heavy (non-hydrogen) atoms. The van der Waals surface area contributed by atoms with E-state index in [1.807, 2.05) is 6.92 Å². The number of β-amino-alcohol motifs (C(OH)–C–C–N with tert-alkyl or cyclic N) is 1. The highest BCUT2D eigenvalue weighted by molar-refractivity contribution is 5.95. The second-order valence-corrected chi connectivity index (χ2v) is 6.01. The van der Waals surface area contributed by atoms with E-state index in [4.69, 9.17) is 10.5 Å². The molecule has 2 amide bonds. The molecule has 0 spiro atoms. The van der Waals surface area contributed by atoms with Crippen LogP contribution in [0.3, 0.4) is 0 Å². The number of anilines is 1. The minimum atomic E-state index is -0.685. The summed E-state index contributed by atoms with van der Waals surface area (Å²) in [4.78, 5) is 25.5. The van der Waals surface area contributed by atoms with E-state index in [1.165, 1.54) is 0 Å². The highest BCUT2D eigenvalue weighted by atomic mass is 16.5. The van der Waals surface area contributed by atoms with Gasteiger partial charge in [0.1, 0.15) is 0 Å². The number of nitrogens with two attached hydrogens (primary N) is 1. The molecule has 1 aromatic rings. The van der Waals surface area contributed by atoms with E-state index in [0.29, 0.717) is 37.4 Å². The van der Waals surface area contributed by atoms with E-state index in [-0.39, 0.29) is 18.4 Å². The van der Waals surface area contributed by atoms with Crippen LogP contribution in [0.25, 0.3) is 0 Å². The summed E-state index contributed by atoms with van der Waals surface area (Å²) in [5, 5.41) is 12.9. The maximum Gasteiger partial charge on any atom is 0.407 e. The standard InChI is InChI=1S/C17H25N3O4/c1-2-8-24-17(23)19-10-13-6-7-20(11-15(13)21)16(22)12-4-3-5-14(18)9-12/h3-5,9,13,15,21H,2,6-8,10-11,18H2,1H3,(H,19,23)/t13-,15+/m0/s1. The van der Waals surface area contributed by atoms with Crippen molar-refractivity contribution in [3.8, 4) is 0 Å². The van der Waals surface area contributed by atoms with Crippen molar-refractivity contribution in [3.05, 3.63) is 29.8 Å². The van der Waals surface area contributed by atoms with Crippen molar-refractivity contribution in [1.82, 2.24) is 10.2 Å². The van der Waals surface area contributed by atoms with Crippen molar-refractivity contribution >= 4 is 17.7 Å². The van der Waals surface area contributed by atoms with Crippen molar-refractivity contribution in [2.24, 2.45) is 5.92 Å². The summed E-state index contributed by atoms with van der Waals surface area (Å²) in [6.07, 6.45) is 0.224. The molecule has 2 atom stereocenters. The SMILES string of the molecule is CCCOC(=O)NC[C@@H]1CCN(C(=O)c2cccc(N)c2)C[C@H]1O. The number of nitrogen functional groups attached to an aromatic ring is 1. The molecule has 1 heterocycles. The molecule has 0 bridgehead atoms. The second kappa shape index (κ2) is 8.54. The third-order valence-electron chi connectivity index (χ3n) is 4.09. The van der Waals surface area contributed by atoms with Gasteiger partial charge in [0.05, 0.1) is 12.7 Å². The van der Waals surface area contributed by atoms with Crippen molar-refractivity contribution in [3.63, 3.8) is 0 Å². The number of benzene rings is 1. The number of hydrogen-bond donors (Lipinski definition) is 3. The number of nitrogens with one attached hydrogen (secondary N) is 1. The Labute approximate surface area is 141 Å². The van der Waals surface area contributed by atoms with Gasteiger partial charge in [-0.1, -0.05) is 13.0 Å². The zero-order valence-electron chi connectivity index (χ0n) is 13.9. The summed E-state index contributed by atoms with van der Waals surface area (Å²) in [6, 6.07) is 6.80. The van der Waals surface area contributed by atoms with Crippen LogP contribution in [-0.2, 0) is 4.74 Å². The number of nitrogens with zero attached hydrogens (tertiary/aromatic N) is 1. The maximum absolute atomic E-state index is 12.5. The first-order chi connectivity index (χ1) is 11.5. The summed E-state index contributed by atoms with van der Waals surface area (Å²) in [5.74, 6) is -0.237. The molecule has 4 N–H and O–H groups in total. The van der Waals surface area contributed by atoms with Gasteiger partial charge in [0.25, 0.3) is 5.91 Å². The molecule has 7 heteroatoms. The third-order valence-corrected chi connectivity index (χ3v) is 4.09. The molecule has 1 fully saturated rings. The number of amides is 2. The molecule has 0 aliphatic carbocycles. The number of carbonyl (C=O) groups excluding carboxylic acids is 2. The average molecular weight is 335 g/mol. The van der Waals surface area contributed by atoms with Crippen LogP contribution in [0.1, 0.15) is 30.1 Å². The Morgan fingerprint density at radius 3 is 2.92 bits per heavy atom. The van der Waals surface area contributed by atoms with Crippen molar-refractivity contribution < 1.29 is 19.4 Å². The van der Waals surface area contributed by atoms with E-state index in [9.17, 15) is 14.7 Å². The molecule has 0 aromatic heterocycles. The van der Waals surface area contributed by atoms with Gasteiger partial charge < -0.3 is 25.8 Å². The topological polar surface area (TPSA) is 105 Å². The van der Waals surface area contributed by atoms with Gasteiger partial charge in [-0.3, -0.25) is 4.79 Å². The zero-order valence-corrected chi connectivity index (χ0v) is 13.9. The summed E-state index contributed by atoms with van der Waals surface area (Å²) in [5.41, 5.74) is 6.75. The Bertz CT molecular complexity index is 579. The van der Waals surface area contributed by atoms with E-state index < -0.39 is 12.2 Å². The molecule has 0 radical (unpaired) electrons. The number of aliphatic hydroxyl groups is 1. The van der Waals surface area contributed by atoms with Gasteiger partial charge in [-0.2, -0.15) is 0 Å². The number of ether oxygens (including phenoxy) is 1. The van der Waals surface area contributed by atoms with Crippen LogP contribution >= 0.6 is 0 Å². The summed E-state index contributed by atoms with van der Waals surface area (Å²) in [6.45, 7) is 3.40. The first kappa shape index (κ1) is 18.1. The molecule has 1 aliphatic rings. The monoisotopic (exact) mass is 335 g/mol. The number of rotatable bonds is 5. The van der Waals surface area contributed by atoms with Gasteiger partial charge in [0, 0.05) is 36.8 Å². The first-order valence-electron chi connectivity index (χ1n) is 8.24. The predicted molar refractivity (Wildman–Crippen MR) is 90.5 cm³/mol. The first-order valence-corrected chi connectivity index (χ1v) is 8.24. The molecule has 0 unspecified atom stereocenters. The number of piperidine rings is 1. The highest BCUT2D eigenvalue weighted by Gasteiger charge is 2.30. The Morgan fingerprint density at radius 1 is 1.46 bits per heavy atom. The average Bonchev–Trinajstić information content (AvgIpc) is 2.58. The normalized spacial score (nSPS) is 20.5. The smallest absolute Gasteiger partial charge is 0.407 e. The van der Waals surface area contributed by atoms with E-state index >= 15 is 0 Å². The largest absolute Gasteiger partial charge is 0.450 e. The Balaban J connectivity index is 1.84. The van der Waals surface area contributed by atoms with Gasteiger partial charge in [0.15, 0.2) is 0 Å². The van der Waals surface area contributed by atoms with E-state index in [2.05, 4.69) is 5.32 Å². The Hall–Kier alpha value is -2.28. The Kier molecular flexibility index (Phi) is 6.43. The van der Waals surface area contributed by atoms with Crippen LogP contribution in [0, 0.1) is 5.92 Å². The number of carbonyl (C=O) groups is 2. The summed E-state index contributed by atoms with van der Waals surface area (Å²) in [7, 11) is 0. The van der Waals surface area contributed by atoms with Gasteiger partial charge in [-0.25, -0.2) is 4.79 Å². The lowest BCUT2D eigenvalue weighted by molar-refractivity contribution is 0.0196. The minimum Gasteiger partial charge on any atom is -0.450 e. The molecule has 2 rings (SSSR count). The molecule has 1 saturated heterocycles. The van der Waals surface area contributed by atoms with Gasteiger partial charge >= 0.3 is 6.09 Å². The predicted octanol–water partition coefficient (Wildman–Crippen LogP) is 1.23. The molecule has 132 valence electrons. The quantitative estimate of drug-likeness (QED) is 0.702. The van der Waals surface area contributed by atoms with E-state index in [0.717, 1.165) is 6.42 Å². The lowest BCUT2D eigenvalue weighted by Gasteiger charge is -2.36. The van der Waals surface area contributed by atoms with Gasteiger partial charge in [0.2, 0.25) is 0 Å². The van der Waals surface area contributed by atoms with Crippen molar-refractivity contribution in [2.45, 2.75) is 25.9 Å². The van der Waals surface area contributed by atoms with Crippen LogP contribution in [0.4, 0.5) is 10.5 Å². The lowest BCUT2D eigenvalue weighted by Crippen LogP contribution is -2.49. The fraction of sp³-hybridized carbons (Fsp3) is 0.529. The fourth-order valence-corrected chi connectivity index (χ4v) is 2.72. The highest BCUT2D eigenvalue weighted by Crippen LogP contribution is 2.20. The van der Waals surface area contributed by atoms with Crippen LogP contribution in [0.15, 0.2) is 24.3 Å². The minimum absolute atomic E-state index is 0.0935. The molecule has 7 nitrogen and oxygen atoms in total. The van der Waals surface area contributed by atoms with Crippen LogP contribution < -0.4 is 11.1 Å². The number of alkyl carbamates (subject to hydrolysis) is 1. The lowest BCUT2D eigenvalue weighted by atomic mass is 9.93. The van der Waals surface area contributed by atoms with Crippen molar-refractivity contribution in [1.29, 1.82) is 0 Å². The van der Waals surface area contributed by atoms with Gasteiger partial charge in [-0.05, 0) is 31.0 Å². The van der Waals surface area contributed by atoms with Crippen LogP contribution in [-0.4, -0.2) is 54.4 Å². The number of aliphatic hydroxyl groups excluding tert-OH is 1. The third kappa shape index (κ3) is 4.86. The maximum atomic E-state index is 12.5. The fourth-order valence-electron chi connectivity index (χ4n) is 2.72. The molecular formula is C17H25N3O4. The Morgan fingerprint density at radius 2 is 2.25 bits per heavy atom. The van der Waals surface area contributed by atoms with Gasteiger partial charge in [-0.15, -0.1) is 0 Å². The number of hydrogen-bond acceptors (Lipinski definition) is 5. The summed E-state index contributed by atoms with van der Waals surface area (Å²) >= 11 is 0. The summed E-state index contributed by atoms with van der Waals surface area (Å²) < 4.78 is 4.94.